The Morgan fingerprint density at radius 3 is 2.11 bits per heavy atom. The molecule has 0 atom stereocenters. The maximum absolute atomic E-state index is 10.0. The number of carboxylic acid groups (broad SMARTS) is 1. The van der Waals surface area contributed by atoms with Crippen LogP contribution in [0.4, 0.5) is 0 Å². The van der Waals surface area contributed by atoms with E-state index < -0.39 is 17.7 Å². The van der Waals surface area contributed by atoms with Crippen molar-refractivity contribution in [3.63, 3.8) is 0 Å². The van der Waals surface area contributed by atoms with Crippen LogP contribution in [-0.2, 0) is 14.4 Å². The second-order valence-corrected chi connectivity index (χ2v) is 1.09. The molecule has 0 saturated heterocycles. The molecule has 0 radical (unpaired) electrons. The SMILES string of the molecule is N=C(C(=O)O)C(=O)ON. The van der Waals surface area contributed by atoms with Gasteiger partial charge in [0, 0.05) is 0 Å². The lowest BCUT2D eigenvalue weighted by Crippen LogP contribution is -2.26. The van der Waals surface area contributed by atoms with Gasteiger partial charge in [0.15, 0.2) is 0 Å². The average Bonchev–Trinajstić information content (AvgIpc) is 1.84. The van der Waals surface area contributed by atoms with Crippen LogP contribution in [0.25, 0.3) is 0 Å². The molecular weight excluding hydrogens is 128 g/mol. The zero-order valence-corrected chi connectivity index (χ0v) is 4.25. The highest BCUT2D eigenvalue weighted by molar-refractivity contribution is 6.60. The zero-order valence-electron chi connectivity index (χ0n) is 4.25. The van der Waals surface area contributed by atoms with E-state index in [-0.39, 0.29) is 0 Å². The second-order valence-electron chi connectivity index (χ2n) is 1.09. The van der Waals surface area contributed by atoms with Crippen LogP contribution in [0, 0.1) is 5.41 Å². The molecule has 0 aromatic rings. The molecule has 0 fully saturated rings. The van der Waals surface area contributed by atoms with E-state index in [4.69, 9.17) is 10.5 Å². The number of carboxylic acids is 1. The molecule has 6 heteroatoms. The first-order valence-electron chi connectivity index (χ1n) is 1.82. The Morgan fingerprint density at radius 2 is 2.00 bits per heavy atom. The fourth-order valence-corrected chi connectivity index (χ4v) is 0.146. The number of nitrogens with one attached hydrogen (secondary N) is 1. The monoisotopic (exact) mass is 132 g/mol. The fourth-order valence-electron chi connectivity index (χ4n) is 0.146. The van der Waals surface area contributed by atoms with Gasteiger partial charge in [0.2, 0.25) is 5.71 Å². The van der Waals surface area contributed by atoms with E-state index in [0.29, 0.717) is 0 Å². The molecule has 0 aliphatic heterocycles. The molecule has 6 nitrogen and oxygen atoms in total. The van der Waals surface area contributed by atoms with Crippen molar-refractivity contribution in [2.24, 2.45) is 5.90 Å². The number of hydrogen-bond donors (Lipinski definition) is 3. The molecule has 0 aromatic heterocycles. The van der Waals surface area contributed by atoms with Crippen molar-refractivity contribution in [3.8, 4) is 0 Å². The lowest BCUT2D eigenvalue weighted by molar-refractivity contribution is -0.139. The summed E-state index contributed by atoms with van der Waals surface area (Å²) >= 11 is 0. The number of aliphatic carboxylic acids is 1. The van der Waals surface area contributed by atoms with Gasteiger partial charge in [-0.2, -0.15) is 5.90 Å². The summed E-state index contributed by atoms with van der Waals surface area (Å²) in [6.07, 6.45) is 0. The molecule has 0 bridgehead atoms. The zero-order chi connectivity index (χ0) is 7.44. The van der Waals surface area contributed by atoms with Crippen molar-refractivity contribution < 1.29 is 19.5 Å². The van der Waals surface area contributed by atoms with E-state index in [9.17, 15) is 9.59 Å². The third-order valence-corrected chi connectivity index (χ3v) is 0.525. The van der Waals surface area contributed by atoms with E-state index in [1.165, 1.54) is 0 Å². The molecule has 0 aromatic carbocycles. The molecule has 0 aliphatic carbocycles. The normalized spacial score (nSPS) is 8.11. The minimum absolute atomic E-state index is 1.18. The molecule has 0 unspecified atom stereocenters. The van der Waals surface area contributed by atoms with Crippen LogP contribution in [0.3, 0.4) is 0 Å². The Bertz CT molecular complexity index is 163. The topological polar surface area (TPSA) is 113 Å². The van der Waals surface area contributed by atoms with Crippen LogP contribution in [0.1, 0.15) is 0 Å². The molecule has 0 spiro atoms. The van der Waals surface area contributed by atoms with Gasteiger partial charge in [0.1, 0.15) is 0 Å². The summed E-state index contributed by atoms with van der Waals surface area (Å²) < 4.78 is 0. The predicted octanol–water partition coefficient (Wildman–Crippen LogP) is -1.49. The summed E-state index contributed by atoms with van der Waals surface area (Å²) in [5.74, 6) is 1.24. The minimum atomic E-state index is -1.66. The summed E-state index contributed by atoms with van der Waals surface area (Å²) in [6.45, 7) is 0. The molecule has 0 heterocycles. The maximum atomic E-state index is 10.0. The summed E-state index contributed by atoms with van der Waals surface area (Å²) in [5, 5.41) is 14.3. The number of nitrogens with two attached hydrogens (primary N) is 1. The van der Waals surface area contributed by atoms with E-state index in [1.54, 1.807) is 0 Å². The average molecular weight is 132 g/mol. The molecule has 0 amide bonds. The van der Waals surface area contributed by atoms with Crippen molar-refractivity contribution in [3.05, 3.63) is 0 Å². The second kappa shape index (κ2) is 2.78. The van der Waals surface area contributed by atoms with E-state index in [1.807, 2.05) is 0 Å². The molecule has 9 heavy (non-hydrogen) atoms. The first-order valence-corrected chi connectivity index (χ1v) is 1.82. The predicted molar refractivity (Wildman–Crippen MR) is 25.6 cm³/mol. The molecule has 0 saturated carbocycles. The highest BCUT2D eigenvalue weighted by Gasteiger charge is 2.17. The molecular formula is C3H4N2O4. The van der Waals surface area contributed by atoms with Gasteiger partial charge >= 0.3 is 11.9 Å². The maximum Gasteiger partial charge on any atom is 0.382 e. The van der Waals surface area contributed by atoms with Gasteiger partial charge < -0.3 is 9.94 Å². The first kappa shape index (κ1) is 7.57. The van der Waals surface area contributed by atoms with E-state index in [2.05, 4.69) is 10.7 Å². The number of carbonyl (C=O) groups excluding carboxylic acids is 1. The third-order valence-electron chi connectivity index (χ3n) is 0.525. The quantitative estimate of drug-likeness (QED) is 0.240. The van der Waals surface area contributed by atoms with Gasteiger partial charge in [-0.05, 0) is 0 Å². The smallest absolute Gasteiger partial charge is 0.382 e. The number of carbonyl (C=O) groups is 2. The summed E-state index contributed by atoms with van der Waals surface area (Å²) in [6, 6.07) is 0. The first-order chi connectivity index (χ1) is 4.09. The lowest BCUT2D eigenvalue weighted by atomic mass is 10.4. The standard InChI is InChI=1S/C3H4N2O4/c4-1(2(6)7)3(8)9-5/h4H,5H2,(H,6,7). The van der Waals surface area contributed by atoms with Crippen LogP contribution < -0.4 is 5.90 Å². The molecule has 0 aliphatic rings. The Hall–Kier alpha value is -1.43. The van der Waals surface area contributed by atoms with Gasteiger partial charge in [-0.15, -0.1) is 0 Å². The fraction of sp³-hybridized carbons (Fsp3) is 0. The number of rotatable bonds is 2. The largest absolute Gasteiger partial charge is 0.476 e. The Labute approximate surface area is 49.7 Å². The van der Waals surface area contributed by atoms with Crippen LogP contribution in [0.2, 0.25) is 0 Å². The Kier molecular flexibility index (Phi) is 2.33. The van der Waals surface area contributed by atoms with Crippen molar-refractivity contribution in [1.29, 1.82) is 5.41 Å². The van der Waals surface area contributed by atoms with Gasteiger partial charge in [-0.1, -0.05) is 0 Å². The highest BCUT2D eigenvalue weighted by Crippen LogP contribution is 1.75. The van der Waals surface area contributed by atoms with Crippen LogP contribution in [0.15, 0.2) is 0 Å². The van der Waals surface area contributed by atoms with Crippen molar-refractivity contribution in [2.75, 3.05) is 0 Å². The summed E-state index contributed by atoms with van der Waals surface area (Å²) in [4.78, 5) is 23.1. The molecule has 4 N–H and O–H groups in total. The molecule has 50 valence electrons. The van der Waals surface area contributed by atoms with Gasteiger partial charge in [0.25, 0.3) is 0 Å². The van der Waals surface area contributed by atoms with Gasteiger partial charge in [0.05, 0.1) is 0 Å². The Balaban J connectivity index is 4.05. The van der Waals surface area contributed by atoms with Gasteiger partial charge in [-0.3, -0.25) is 5.41 Å². The van der Waals surface area contributed by atoms with Crippen molar-refractivity contribution in [1.82, 2.24) is 0 Å². The summed E-state index contributed by atoms with van der Waals surface area (Å²) in [7, 11) is 0. The highest BCUT2D eigenvalue weighted by atomic mass is 16.7. The number of hydrogen-bond acceptors (Lipinski definition) is 5. The van der Waals surface area contributed by atoms with Crippen LogP contribution in [-0.4, -0.2) is 22.8 Å². The Morgan fingerprint density at radius 1 is 1.56 bits per heavy atom. The third kappa shape index (κ3) is 1.87. The van der Waals surface area contributed by atoms with Crippen LogP contribution >= 0.6 is 0 Å². The van der Waals surface area contributed by atoms with E-state index >= 15 is 0 Å². The van der Waals surface area contributed by atoms with Crippen molar-refractivity contribution in [2.45, 2.75) is 0 Å². The summed E-state index contributed by atoms with van der Waals surface area (Å²) in [5.41, 5.74) is -1.18. The van der Waals surface area contributed by atoms with Crippen molar-refractivity contribution >= 4 is 17.7 Å². The molecule has 0 rings (SSSR count). The minimum Gasteiger partial charge on any atom is -0.476 e. The lowest BCUT2D eigenvalue weighted by Gasteiger charge is -1.91. The van der Waals surface area contributed by atoms with Gasteiger partial charge in [-0.25, -0.2) is 9.59 Å². The van der Waals surface area contributed by atoms with Crippen LogP contribution in [0.5, 0.6) is 0 Å². The van der Waals surface area contributed by atoms with E-state index in [0.717, 1.165) is 0 Å².